The Morgan fingerprint density at radius 3 is 3.00 bits per heavy atom. The monoisotopic (exact) mass is 296 g/mol. The van der Waals surface area contributed by atoms with E-state index in [0.29, 0.717) is 32.7 Å². The van der Waals surface area contributed by atoms with E-state index < -0.39 is 5.91 Å². The minimum Gasteiger partial charge on any atom is -0.485 e. The van der Waals surface area contributed by atoms with Crippen LogP contribution in [0.4, 0.5) is 0 Å². The molecule has 2 amide bonds. The second kappa shape index (κ2) is 5.32. The summed E-state index contributed by atoms with van der Waals surface area (Å²) in [6.07, 6.45) is 0.943. The van der Waals surface area contributed by atoms with Crippen LogP contribution >= 0.6 is 11.3 Å². The molecule has 108 valence electrons. The second-order valence-corrected chi connectivity index (χ2v) is 5.91. The molecule has 2 aliphatic heterocycles. The van der Waals surface area contributed by atoms with Crippen molar-refractivity contribution in [3.63, 3.8) is 0 Å². The van der Waals surface area contributed by atoms with Gasteiger partial charge in [-0.15, -0.1) is 11.3 Å². The molecule has 1 atom stereocenters. The van der Waals surface area contributed by atoms with Crippen molar-refractivity contribution in [2.24, 2.45) is 11.7 Å². The molecule has 3 heterocycles. The fourth-order valence-corrected chi connectivity index (χ4v) is 3.40. The fourth-order valence-electron chi connectivity index (χ4n) is 2.50. The van der Waals surface area contributed by atoms with E-state index in [1.54, 1.807) is 16.2 Å². The van der Waals surface area contributed by atoms with Gasteiger partial charge in [0.1, 0.15) is 13.2 Å². The molecule has 0 bridgehead atoms. The molecule has 1 unspecified atom stereocenters. The summed E-state index contributed by atoms with van der Waals surface area (Å²) in [4.78, 5) is 25.7. The summed E-state index contributed by atoms with van der Waals surface area (Å²) in [6, 6.07) is 0. The van der Waals surface area contributed by atoms with Crippen LogP contribution in [0.5, 0.6) is 11.5 Å². The van der Waals surface area contributed by atoms with Crippen molar-refractivity contribution >= 4 is 23.2 Å². The van der Waals surface area contributed by atoms with Gasteiger partial charge in [-0.2, -0.15) is 0 Å². The number of amides is 2. The van der Waals surface area contributed by atoms with Gasteiger partial charge in [0.15, 0.2) is 11.5 Å². The van der Waals surface area contributed by atoms with Gasteiger partial charge in [0.05, 0.1) is 10.8 Å². The van der Waals surface area contributed by atoms with Gasteiger partial charge < -0.3 is 20.1 Å². The molecule has 1 saturated heterocycles. The van der Waals surface area contributed by atoms with Crippen LogP contribution in [0.15, 0.2) is 5.38 Å². The minimum atomic E-state index is -0.397. The summed E-state index contributed by atoms with van der Waals surface area (Å²) in [5, 5.41) is 1.93. The first-order valence-electron chi connectivity index (χ1n) is 6.58. The van der Waals surface area contributed by atoms with Crippen LogP contribution in [0.1, 0.15) is 11.3 Å². The maximum absolute atomic E-state index is 11.8. The third-order valence-electron chi connectivity index (χ3n) is 3.60. The fraction of sp³-hybridized carbons (Fsp3) is 0.538. The number of likely N-dealkylation sites (tertiary alicyclic amines) is 1. The van der Waals surface area contributed by atoms with Crippen LogP contribution in [0, 0.1) is 5.92 Å². The Morgan fingerprint density at radius 1 is 1.45 bits per heavy atom. The van der Waals surface area contributed by atoms with Crippen LogP contribution in [0.2, 0.25) is 0 Å². The van der Waals surface area contributed by atoms with E-state index >= 15 is 0 Å². The summed E-state index contributed by atoms with van der Waals surface area (Å²) in [7, 11) is 0. The zero-order valence-electron chi connectivity index (χ0n) is 11.0. The lowest BCUT2D eigenvalue weighted by molar-refractivity contribution is -0.128. The Bertz CT molecular complexity index is 542. The van der Waals surface area contributed by atoms with Gasteiger partial charge >= 0.3 is 0 Å². The first-order valence-corrected chi connectivity index (χ1v) is 7.46. The molecule has 0 spiro atoms. The van der Waals surface area contributed by atoms with Crippen molar-refractivity contribution < 1.29 is 19.1 Å². The van der Waals surface area contributed by atoms with E-state index in [-0.39, 0.29) is 18.2 Å². The van der Waals surface area contributed by atoms with Crippen molar-refractivity contribution in [3.05, 3.63) is 10.3 Å². The van der Waals surface area contributed by atoms with Gasteiger partial charge in [0.2, 0.25) is 11.8 Å². The van der Waals surface area contributed by atoms with E-state index in [1.807, 2.05) is 5.38 Å². The lowest BCUT2D eigenvalue weighted by Crippen LogP contribution is -2.30. The highest BCUT2D eigenvalue weighted by atomic mass is 32.1. The number of thiophene rings is 1. The molecular formula is C13H16N2O4S. The molecule has 1 fully saturated rings. The highest BCUT2D eigenvalue weighted by molar-refractivity contribution is 7.10. The predicted molar refractivity (Wildman–Crippen MR) is 72.9 cm³/mol. The van der Waals surface area contributed by atoms with E-state index in [1.165, 1.54) is 0 Å². The molecule has 1 aromatic rings. The third-order valence-corrected chi connectivity index (χ3v) is 4.60. The van der Waals surface area contributed by atoms with Gasteiger partial charge in [-0.3, -0.25) is 9.59 Å². The van der Waals surface area contributed by atoms with E-state index in [4.69, 9.17) is 15.2 Å². The molecule has 20 heavy (non-hydrogen) atoms. The summed E-state index contributed by atoms with van der Waals surface area (Å²) < 4.78 is 11.1. The summed E-state index contributed by atoms with van der Waals surface area (Å²) in [5.74, 6) is 0.847. The van der Waals surface area contributed by atoms with Gasteiger partial charge in [-0.1, -0.05) is 0 Å². The number of ether oxygens (including phenoxy) is 2. The topological polar surface area (TPSA) is 81.9 Å². The zero-order valence-corrected chi connectivity index (χ0v) is 11.8. The summed E-state index contributed by atoms with van der Waals surface area (Å²) >= 11 is 1.58. The standard InChI is InChI=1S/C13H16N2O4S/c14-13(17)8-5-11(16)15(6-8)2-1-10-12-9(7-20-10)18-3-4-19-12/h7-8H,1-6H2,(H2,14,17). The second-order valence-electron chi connectivity index (χ2n) is 4.94. The average molecular weight is 296 g/mol. The predicted octanol–water partition coefficient (Wildman–Crippen LogP) is 0.396. The molecule has 1 aromatic heterocycles. The molecule has 0 aromatic carbocycles. The molecule has 3 rings (SSSR count). The van der Waals surface area contributed by atoms with Crippen molar-refractivity contribution in [1.29, 1.82) is 0 Å². The number of hydrogen-bond acceptors (Lipinski definition) is 5. The number of primary amides is 1. The summed E-state index contributed by atoms with van der Waals surface area (Å²) in [5.41, 5.74) is 5.25. The number of nitrogens with zero attached hydrogens (tertiary/aromatic N) is 1. The molecule has 0 radical (unpaired) electrons. The number of fused-ring (bicyclic) bond motifs is 1. The zero-order chi connectivity index (χ0) is 14.1. The van der Waals surface area contributed by atoms with Crippen LogP contribution in [-0.4, -0.2) is 43.0 Å². The van der Waals surface area contributed by atoms with Gasteiger partial charge in [0, 0.05) is 31.3 Å². The van der Waals surface area contributed by atoms with Crippen LogP contribution in [0.3, 0.4) is 0 Å². The van der Waals surface area contributed by atoms with E-state index in [2.05, 4.69) is 0 Å². The maximum atomic E-state index is 11.8. The van der Waals surface area contributed by atoms with Crippen molar-refractivity contribution in [2.45, 2.75) is 12.8 Å². The molecule has 7 heteroatoms. The van der Waals surface area contributed by atoms with Gasteiger partial charge in [-0.05, 0) is 0 Å². The molecule has 0 aliphatic carbocycles. The number of hydrogen-bond donors (Lipinski definition) is 1. The van der Waals surface area contributed by atoms with Gasteiger partial charge in [-0.25, -0.2) is 0 Å². The Morgan fingerprint density at radius 2 is 2.25 bits per heavy atom. The van der Waals surface area contributed by atoms with Crippen molar-refractivity contribution in [3.8, 4) is 11.5 Å². The Labute approximate surface area is 120 Å². The highest BCUT2D eigenvalue weighted by Crippen LogP contribution is 2.39. The Kier molecular flexibility index (Phi) is 3.52. The Balaban J connectivity index is 1.61. The average Bonchev–Trinajstić information content (AvgIpc) is 3.00. The minimum absolute atomic E-state index is 0.00334. The maximum Gasteiger partial charge on any atom is 0.223 e. The first-order chi connectivity index (χ1) is 9.65. The third kappa shape index (κ3) is 2.45. The number of rotatable bonds is 4. The normalized spacial score (nSPS) is 21.3. The van der Waals surface area contributed by atoms with Crippen molar-refractivity contribution in [1.82, 2.24) is 4.90 Å². The van der Waals surface area contributed by atoms with Gasteiger partial charge in [0.25, 0.3) is 0 Å². The molecule has 6 nitrogen and oxygen atoms in total. The summed E-state index contributed by atoms with van der Waals surface area (Å²) in [6.45, 7) is 2.15. The smallest absolute Gasteiger partial charge is 0.223 e. The van der Waals surface area contributed by atoms with E-state index in [0.717, 1.165) is 16.4 Å². The molecule has 2 N–H and O–H groups in total. The SMILES string of the molecule is NC(=O)C1CC(=O)N(CCc2scc3c2OCCO3)C1. The van der Waals surface area contributed by atoms with E-state index in [9.17, 15) is 9.59 Å². The highest BCUT2D eigenvalue weighted by Gasteiger charge is 2.33. The number of carbonyl (C=O) groups excluding carboxylic acids is 2. The van der Waals surface area contributed by atoms with Crippen LogP contribution in [-0.2, 0) is 16.0 Å². The van der Waals surface area contributed by atoms with Crippen LogP contribution < -0.4 is 15.2 Å². The molecule has 2 aliphatic rings. The lowest BCUT2D eigenvalue weighted by atomic mass is 10.1. The largest absolute Gasteiger partial charge is 0.485 e. The molecular weight excluding hydrogens is 280 g/mol. The number of carbonyl (C=O) groups is 2. The van der Waals surface area contributed by atoms with Crippen LogP contribution in [0.25, 0.3) is 0 Å². The quantitative estimate of drug-likeness (QED) is 0.871. The molecule has 0 saturated carbocycles. The lowest BCUT2D eigenvalue weighted by Gasteiger charge is -2.18. The number of nitrogens with two attached hydrogens (primary N) is 1. The van der Waals surface area contributed by atoms with Crippen molar-refractivity contribution in [2.75, 3.05) is 26.3 Å². The first kappa shape index (κ1) is 13.2. The Hall–Kier alpha value is -1.76.